The molecule has 1 N–H and O–H groups in total. The lowest BCUT2D eigenvalue weighted by Gasteiger charge is -2.28. The summed E-state index contributed by atoms with van der Waals surface area (Å²) < 4.78 is 0. The van der Waals surface area contributed by atoms with Gasteiger partial charge in [-0.1, -0.05) is 31.2 Å². The molecule has 2 heterocycles. The lowest BCUT2D eigenvalue weighted by atomic mass is 9.73. The van der Waals surface area contributed by atoms with E-state index < -0.39 is 5.41 Å². The first-order valence-electron chi connectivity index (χ1n) is 9.58. The van der Waals surface area contributed by atoms with Crippen LogP contribution in [0.5, 0.6) is 0 Å². The van der Waals surface area contributed by atoms with E-state index in [-0.39, 0.29) is 29.9 Å². The molecule has 29 heavy (non-hydrogen) atoms. The van der Waals surface area contributed by atoms with E-state index in [4.69, 9.17) is 5.26 Å². The summed E-state index contributed by atoms with van der Waals surface area (Å²) >= 11 is 0. The molecular formula is C23H23N3O3. The number of nitrogens with one attached hydrogen (secondary N) is 1. The van der Waals surface area contributed by atoms with Gasteiger partial charge >= 0.3 is 0 Å². The first-order valence-corrected chi connectivity index (χ1v) is 9.58. The van der Waals surface area contributed by atoms with E-state index in [1.54, 1.807) is 25.1 Å². The summed E-state index contributed by atoms with van der Waals surface area (Å²) in [6.45, 7) is 5.54. The Bertz CT molecular complexity index is 1020. The Morgan fingerprint density at radius 2 is 1.97 bits per heavy atom. The summed E-state index contributed by atoms with van der Waals surface area (Å²) in [6.07, 6.45) is 1.04. The fourth-order valence-electron chi connectivity index (χ4n) is 3.75. The summed E-state index contributed by atoms with van der Waals surface area (Å²) in [4.78, 5) is 40.5. The molecule has 6 heteroatoms. The maximum absolute atomic E-state index is 12.6. The number of hydrogen-bond donors (Lipinski definition) is 1. The summed E-state index contributed by atoms with van der Waals surface area (Å²) in [7, 11) is 0. The molecule has 2 amide bonds. The Balaban J connectivity index is 1.68. The van der Waals surface area contributed by atoms with E-state index in [0.29, 0.717) is 24.1 Å². The fourth-order valence-corrected chi connectivity index (χ4v) is 3.75. The monoisotopic (exact) mass is 389 g/mol. The molecule has 0 saturated carbocycles. The van der Waals surface area contributed by atoms with Crippen molar-refractivity contribution in [2.24, 2.45) is 5.41 Å². The number of pyridine rings is 1. The first-order chi connectivity index (χ1) is 13.7. The number of nitrogens with zero attached hydrogens (tertiary/aromatic N) is 2. The number of hydrogen-bond acceptors (Lipinski definition) is 5. The van der Waals surface area contributed by atoms with Crippen molar-refractivity contribution in [1.82, 2.24) is 10.3 Å². The van der Waals surface area contributed by atoms with Gasteiger partial charge in [0.1, 0.15) is 11.8 Å². The molecule has 0 aliphatic carbocycles. The van der Waals surface area contributed by atoms with E-state index in [9.17, 15) is 14.4 Å². The summed E-state index contributed by atoms with van der Waals surface area (Å²) in [5, 5.41) is 11.4. The summed E-state index contributed by atoms with van der Waals surface area (Å²) in [6, 6.07) is 12.9. The van der Waals surface area contributed by atoms with Gasteiger partial charge in [-0.25, -0.2) is 4.98 Å². The van der Waals surface area contributed by atoms with Gasteiger partial charge in [0.15, 0.2) is 5.78 Å². The predicted octanol–water partition coefficient (Wildman–Crippen LogP) is 3.23. The highest BCUT2D eigenvalue weighted by atomic mass is 16.2. The largest absolute Gasteiger partial charge is 0.296 e. The molecule has 6 nitrogen and oxygen atoms in total. The van der Waals surface area contributed by atoms with E-state index >= 15 is 0 Å². The summed E-state index contributed by atoms with van der Waals surface area (Å²) in [5.41, 5.74) is 2.76. The molecule has 148 valence electrons. The van der Waals surface area contributed by atoms with E-state index in [1.165, 1.54) is 0 Å². The van der Waals surface area contributed by atoms with Crippen LogP contribution < -0.4 is 5.32 Å². The second-order valence-electron chi connectivity index (χ2n) is 7.85. The molecule has 0 spiro atoms. The highest BCUT2D eigenvalue weighted by Crippen LogP contribution is 2.41. The van der Waals surface area contributed by atoms with Crippen LogP contribution in [0.4, 0.5) is 0 Å². The zero-order valence-corrected chi connectivity index (χ0v) is 16.8. The van der Waals surface area contributed by atoms with Crippen molar-refractivity contribution in [3.05, 3.63) is 64.5 Å². The van der Waals surface area contributed by atoms with Crippen LogP contribution in [0.15, 0.2) is 36.4 Å². The minimum absolute atomic E-state index is 0.0113. The Kier molecular flexibility index (Phi) is 5.60. The summed E-state index contributed by atoms with van der Waals surface area (Å²) in [5.74, 6) is -0.638. The molecule has 1 aliphatic rings. The lowest BCUT2D eigenvalue weighted by molar-refractivity contribution is -0.128. The van der Waals surface area contributed by atoms with Crippen molar-refractivity contribution in [3.8, 4) is 6.07 Å². The van der Waals surface area contributed by atoms with Crippen LogP contribution in [0.1, 0.15) is 65.5 Å². The van der Waals surface area contributed by atoms with Crippen molar-refractivity contribution in [2.45, 2.75) is 46.0 Å². The van der Waals surface area contributed by atoms with Gasteiger partial charge in [0.2, 0.25) is 11.8 Å². The van der Waals surface area contributed by atoms with Crippen molar-refractivity contribution >= 4 is 17.6 Å². The van der Waals surface area contributed by atoms with Gasteiger partial charge < -0.3 is 0 Å². The lowest BCUT2D eigenvalue weighted by Crippen LogP contribution is -2.33. The highest BCUT2D eigenvalue weighted by molar-refractivity contribution is 6.06. The van der Waals surface area contributed by atoms with E-state index in [2.05, 4.69) is 10.3 Å². The second kappa shape index (κ2) is 7.96. The number of rotatable bonds is 6. The van der Waals surface area contributed by atoms with Gasteiger partial charge in [0, 0.05) is 24.1 Å². The number of ketones is 1. The molecule has 2 atom stereocenters. The van der Waals surface area contributed by atoms with Gasteiger partial charge in [-0.3, -0.25) is 19.7 Å². The number of Topliss-reactive ketones (excluding diaryl/α,β-unsaturated/α-hetero) is 1. The number of carbonyl (C=O) groups excluding carboxylic acids is 3. The number of imide groups is 1. The molecule has 1 aliphatic heterocycles. The third kappa shape index (κ3) is 4.24. The van der Waals surface area contributed by atoms with Gasteiger partial charge in [-0.05, 0) is 49.4 Å². The van der Waals surface area contributed by atoms with Crippen molar-refractivity contribution in [2.75, 3.05) is 0 Å². The minimum Gasteiger partial charge on any atom is -0.296 e. The molecule has 1 saturated heterocycles. The van der Waals surface area contributed by atoms with Gasteiger partial charge in [0.05, 0.1) is 5.41 Å². The van der Waals surface area contributed by atoms with Crippen LogP contribution in [-0.2, 0) is 16.0 Å². The number of amides is 2. The van der Waals surface area contributed by atoms with Crippen LogP contribution in [-0.4, -0.2) is 22.6 Å². The Labute approximate surface area is 170 Å². The van der Waals surface area contributed by atoms with Crippen molar-refractivity contribution in [1.29, 1.82) is 5.26 Å². The van der Waals surface area contributed by atoms with Gasteiger partial charge in [-0.2, -0.15) is 5.26 Å². The topological polar surface area (TPSA) is 99.9 Å². The van der Waals surface area contributed by atoms with Gasteiger partial charge in [0.25, 0.3) is 0 Å². The van der Waals surface area contributed by atoms with Crippen LogP contribution in [0.3, 0.4) is 0 Å². The number of nitriles is 1. The molecule has 2 aromatic rings. The molecule has 1 fully saturated rings. The number of carbonyl (C=O) groups is 3. The second-order valence-corrected chi connectivity index (χ2v) is 7.85. The quantitative estimate of drug-likeness (QED) is 0.604. The van der Waals surface area contributed by atoms with Crippen LogP contribution in [0.2, 0.25) is 0 Å². The Hall–Kier alpha value is -3.33. The molecular weight excluding hydrogens is 366 g/mol. The molecule has 0 unspecified atom stereocenters. The maximum Gasteiger partial charge on any atom is 0.233 e. The fraction of sp³-hybridized carbons (Fsp3) is 0.348. The SMILES string of the molecule is Cc1cc(CCC(=O)c2ccc([C@@H](C)[C@]3(C)CC(=O)NC3=O)cc2)cc(C#N)n1. The number of aromatic nitrogens is 1. The van der Waals surface area contributed by atoms with Gasteiger partial charge in [-0.15, -0.1) is 0 Å². The number of aryl methyl sites for hydroxylation is 2. The molecule has 0 radical (unpaired) electrons. The number of benzene rings is 1. The average molecular weight is 389 g/mol. The molecule has 3 rings (SSSR count). The zero-order chi connectivity index (χ0) is 21.2. The Morgan fingerprint density at radius 3 is 2.55 bits per heavy atom. The molecule has 0 bridgehead atoms. The minimum atomic E-state index is -0.778. The van der Waals surface area contributed by atoms with Crippen LogP contribution in [0.25, 0.3) is 0 Å². The van der Waals surface area contributed by atoms with Crippen LogP contribution >= 0.6 is 0 Å². The normalized spacial score (nSPS) is 19.5. The first kappa shape index (κ1) is 20.4. The van der Waals surface area contributed by atoms with E-state index in [0.717, 1.165) is 16.8 Å². The highest BCUT2D eigenvalue weighted by Gasteiger charge is 2.46. The average Bonchev–Trinajstić information content (AvgIpc) is 2.97. The van der Waals surface area contributed by atoms with E-state index in [1.807, 2.05) is 38.1 Å². The van der Waals surface area contributed by atoms with Crippen LogP contribution in [0, 0.1) is 23.7 Å². The van der Waals surface area contributed by atoms with Crippen molar-refractivity contribution < 1.29 is 14.4 Å². The standard InChI is InChI=1S/C23H23N3O3/c1-14-10-16(11-19(13-24)25-14)4-9-20(27)18-7-5-17(6-8-18)15(2)23(3)12-21(28)26-22(23)29/h5-8,10-11,15H,4,9,12H2,1-3H3,(H,26,28,29)/t15-,23+/m1/s1. The third-order valence-electron chi connectivity index (χ3n) is 5.76. The predicted molar refractivity (Wildman–Crippen MR) is 107 cm³/mol. The Morgan fingerprint density at radius 1 is 1.28 bits per heavy atom. The smallest absolute Gasteiger partial charge is 0.233 e. The maximum atomic E-state index is 12.6. The van der Waals surface area contributed by atoms with Crippen molar-refractivity contribution in [3.63, 3.8) is 0 Å². The molecule has 1 aromatic heterocycles. The zero-order valence-electron chi connectivity index (χ0n) is 16.8. The molecule has 1 aromatic carbocycles. The third-order valence-corrected chi connectivity index (χ3v) is 5.76.